The van der Waals surface area contributed by atoms with E-state index < -0.39 is 0 Å². The lowest BCUT2D eigenvalue weighted by Crippen LogP contribution is -2.35. The molecule has 0 bridgehead atoms. The number of nitrogens with two attached hydrogens (primary N) is 1. The minimum Gasteiger partial charge on any atom is -0.494 e. The molecule has 1 amide bonds. The number of aromatic nitrogens is 2. The van der Waals surface area contributed by atoms with E-state index in [1.165, 1.54) is 24.8 Å². The number of hydrogen-bond acceptors (Lipinski definition) is 6. The molecule has 2 heterocycles. The molecule has 3 N–H and O–H groups in total. The summed E-state index contributed by atoms with van der Waals surface area (Å²) in [6, 6.07) is 3.94. The predicted octanol–water partition coefficient (Wildman–Crippen LogP) is 4.06. The Hall–Kier alpha value is -2.67. The molecule has 0 radical (unpaired) electrons. The van der Waals surface area contributed by atoms with Crippen molar-refractivity contribution in [3.05, 3.63) is 46.8 Å². The maximum atomic E-state index is 12.6. The largest absolute Gasteiger partial charge is 0.494 e. The number of aryl methyl sites for hydroxylation is 3. The van der Waals surface area contributed by atoms with Crippen LogP contribution >= 0.6 is 0 Å². The van der Waals surface area contributed by atoms with Crippen LogP contribution in [0.2, 0.25) is 0 Å². The Morgan fingerprint density at radius 1 is 1.21 bits per heavy atom. The molecule has 2 aromatic rings. The summed E-state index contributed by atoms with van der Waals surface area (Å²) in [5.74, 6) is 2.64. The molecular formula is C27H41N5O2. The lowest BCUT2D eigenvalue weighted by Gasteiger charge is -2.32. The second-order valence-electron chi connectivity index (χ2n) is 9.65. The van der Waals surface area contributed by atoms with Crippen LogP contribution < -0.4 is 20.7 Å². The van der Waals surface area contributed by atoms with Gasteiger partial charge in [0.25, 0.3) is 5.91 Å². The number of nitrogens with one attached hydrogen (secondary N) is 1. The van der Waals surface area contributed by atoms with Gasteiger partial charge in [-0.3, -0.25) is 4.79 Å². The first kappa shape index (κ1) is 25.9. The monoisotopic (exact) mass is 467 g/mol. The molecule has 1 aliphatic rings. The van der Waals surface area contributed by atoms with Crippen molar-refractivity contribution in [1.82, 2.24) is 15.3 Å². The SMILES string of the molecule is CCc1cnc(N2CCC(CCCOc3cc(C)c(C(=O)NC[C@H](C)CN)c(C)c3)CC2)nc1. The molecule has 1 atom stereocenters. The topological polar surface area (TPSA) is 93.4 Å². The molecular weight excluding hydrogens is 426 g/mol. The molecule has 186 valence electrons. The lowest BCUT2D eigenvalue weighted by molar-refractivity contribution is 0.0947. The fraction of sp³-hybridized carbons (Fsp3) is 0.593. The molecule has 0 unspecified atom stereocenters. The molecule has 7 nitrogen and oxygen atoms in total. The molecule has 1 aliphatic heterocycles. The van der Waals surface area contributed by atoms with E-state index >= 15 is 0 Å². The van der Waals surface area contributed by atoms with Gasteiger partial charge in [0.2, 0.25) is 5.95 Å². The first-order valence-corrected chi connectivity index (χ1v) is 12.7. The fourth-order valence-electron chi connectivity index (χ4n) is 4.48. The number of ether oxygens (including phenoxy) is 1. The zero-order chi connectivity index (χ0) is 24.5. The number of carbonyl (C=O) groups is 1. The smallest absolute Gasteiger partial charge is 0.251 e. The van der Waals surface area contributed by atoms with Crippen LogP contribution in [0.3, 0.4) is 0 Å². The van der Waals surface area contributed by atoms with Crippen molar-refractivity contribution in [3.63, 3.8) is 0 Å². The Morgan fingerprint density at radius 3 is 2.44 bits per heavy atom. The van der Waals surface area contributed by atoms with Gasteiger partial charge in [-0.15, -0.1) is 0 Å². The van der Waals surface area contributed by atoms with Crippen molar-refractivity contribution < 1.29 is 9.53 Å². The van der Waals surface area contributed by atoms with Crippen LogP contribution in [0.1, 0.15) is 66.6 Å². The average molecular weight is 468 g/mol. The van der Waals surface area contributed by atoms with Crippen LogP contribution in [0.5, 0.6) is 5.75 Å². The van der Waals surface area contributed by atoms with E-state index in [0.717, 1.165) is 60.2 Å². The molecule has 1 aromatic heterocycles. The third-order valence-corrected chi connectivity index (χ3v) is 6.77. The number of rotatable bonds is 11. The summed E-state index contributed by atoms with van der Waals surface area (Å²) < 4.78 is 6.04. The number of anilines is 1. The van der Waals surface area contributed by atoms with Crippen LogP contribution in [0, 0.1) is 25.7 Å². The summed E-state index contributed by atoms with van der Waals surface area (Å²) in [5.41, 5.74) is 9.44. The highest BCUT2D eigenvalue weighted by Crippen LogP contribution is 2.25. The van der Waals surface area contributed by atoms with E-state index in [-0.39, 0.29) is 11.8 Å². The van der Waals surface area contributed by atoms with Crippen molar-refractivity contribution >= 4 is 11.9 Å². The van der Waals surface area contributed by atoms with Gasteiger partial charge in [-0.25, -0.2) is 9.97 Å². The highest BCUT2D eigenvalue weighted by Gasteiger charge is 2.21. The van der Waals surface area contributed by atoms with Crippen LogP contribution in [-0.4, -0.2) is 48.7 Å². The normalized spacial score (nSPS) is 15.3. The van der Waals surface area contributed by atoms with Gasteiger partial charge in [-0.05, 0) is 93.2 Å². The van der Waals surface area contributed by atoms with Gasteiger partial charge in [0.15, 0.2) is 0 Å². The summed E-state index contributed by atoms with van der Waals surface area (Å²) >= 11 is 0. The van der Waals surface area contributed by atoms with E-state index in [1.807, 2.05) is 45.3 Å². The van der Waals surface area contributed by atoms with Gasteiger partial charge >= 0.3 is 0 Å². The molecule has 0 aliphatic carbocycles. The van der Waals surface area contributed by atoms with Crippen molar-refractivity contribution in [2.24, 2.45) is 17.6 Å². The number of hydrogen-bond donors (Lipinski definition) is 2. The van der Waals surface area contributed by atoms with Crippen molar-refractivity contribution in [2.75, 3.05) is 37.7 Å². The van der Waals surface area contributed by atoms with Gasteiger partial charge in [-0.2, -0.15) is 0 Å². The summed E-state index contributed by atoms with van der Waals surface area (Å²) in [5, 5.41) is 2.99. The zero-order valence-electron chi connectivity index (χ0n) is 21.3. The molecule has 7 heteroatoms. The van der Waals surface area contributed by atoms with Crippen LogP contribution in [-0.2, 0) is 6.42 Å². The summed E-state index contributed by atoms with van der Waals surface area (Å²) in [6.45, 7) is 12.0. The Bertz CT molecular complexity index is 900. The Kier molecular flexibility index (Phi) is 9.69. The minimum absolute atomic E-state index is 0.0418. The molecule has 0 spiro atoms. The van der Waals surface area contributed by atoms with Crippen LogP contribution in [0.4, 0.5) is 5.95 Å². The summed E-state index contributed by atoms with van der Waals surface area (Å²) in [6.07, 6.45) is 9.39. The zero-order valence-corrected chi connectivity index (χ0v) is 21.3. The Labute approximate surface area is 204 Å². The molecule has 1 saturated heterocycles. The van der Waals surface area contributed by atoms with Gasteiger partial charge in [0.05, 0.1) is 6.61 Å². The summed E-state index contributed by atoms with van der Waals surface area (Å²) in [4.78, 5) is 23.9. The van der Waals surface area contributed by atoms with Crippen LogP contribution in [0.15, 0.2) is 24.5 Å². The highest BCUT2D eigenvalue weighted by atomic mass is 16.5. The third-order valence-electron chi connectivity index (χ3n) is 6.77. The summed E-state index contributed by atoms with van der Waals surface area (Å²) in [7, 11) is 0. The maximum Gasteiger partial charge on any atom is 0.251 e. The third kappa shape index (κ3) is 7.16. The second kappa shape index (κ2) is 12.7. The first-order chi connectivity index (χ1) is 16.4. The van der Waals surface area contributed by atoms with Gasteiger partial charge in [0.1, 0.15) is 5.75 Å². The quantitative estimate of drug-likeness (QED) is 0.484. The first-order valence-electron chi connectivity index (χ1n) is 12.7. The fourth-order valence-corrected chi connectivity index (χ4v) is 4.48. The molecule has 3 rings (SSSR count). The predicted molar refractivity (Wildman–Crippen MR) is 138 cm³/mol. The van der Waals surface area contributed by atoms with E-state index in [1.54, 1.807) is 0 Å². The maximum absolute atomic E-state index is 12.6. The van der Waals surface area contributed by atoms with Crippen molar-refractivity contribution in [1.29, 1.82) is 0 Å². The second-order valence-corrected chi connectivity index (χ2v) is 9.65. The molecule has 34 heavy (non-hydrogen) atoms. The standard InChI is InChI=1S/C27H41N5O2/c1-5-22-17-30-27(31-18-22)32-10-8-23(9-11-32)7-6-12-34-24-13-20(3)25(21(4)14-24)26(33)29-16-19(2)15-28/h13-14,17-19,23H,5-12,15-16,28H2,1-4H3,(H,29,33)/t19-/m1/s1. The van der Waals surface area contributed by atoms with E-state index in [0.29, 0.717) is 19.7 Å². The van der Waals surface area contributed by atoms with E-state index in [4.69, 9.17) is 10.5 Å². The lowest BCUT2D eigenvalue weighted by atomic mass is 9.92. The average Bonchev–Trinajstić information content (AvgIpc) is 2.85. The molecule has 0 saturated carbocycles. The van der Waals surface area contributed by atoms with Gasteiger partial charge in [-0.1, -0.05) is 13.8 Å². The minimum atomic E-state index is -0.0418. The van der Waals surface area contributed by atoms with Gasteiger partial charge in [0, 0.05) is 37.6 Å². The Balaban J connectivity index is 1.40. The number of nitrogens with zero attached hydrogens (tertiary/aromatic N) is 3. The van der Waals surface area contributed by atoms with Crippen molar-refractivity contribution in [2.45, 2.75) is 59.8 Å². The van der Waals surface area contributed by atoms with E-state index in [9.17, 15) is 4.79 Å². The van der Waals surface area contributed by atoms with Gasteiger partial charge < -0.3 is 20.7 Å². The molecule has 1 fully saturated rings. The Morgan fingerprint density at radius 2 is 1.85 bits per heavy atom. The number of benzene rings is 1. The van der Waals surface area contributed by atoms with Crippen molar-refractivity contribution in [3.8, 4) is 5.75 Å². The van der Waals surface area contributed by atoms with E-state index in [2.05, 4.69) is 27.1 Å². The number of amides is 1. The highest BCUT2D eigenvalue weighted by molar-refractivity contribution is 5.97. The number of piperidine rings is 1. The molecule has 1 aromatic carbocycles. The number of carbonyl (C=O) groups excluding carboxylic acids is 1. The van der Waals surface area contributed by atoms with Crippen LogP contribution in [0.25, 0.3) is 0 Å².